The maximum absolute atomic E-state index is 12.6. The summed E-state index contributed by atoms with van der Waals surface area (Å²) in [6.07, 6.45) is 7.24. The van der Waals surface area contributed by atoms with Gasteiger partial charge in [0.2, 0.25) is 5.91 Å². The molecule has 25 heavy (non-hydrogen) atoms. The summed E-state index contributed by atoms with van der Waals surface area (Å²) in [6.45, 7) is 0. The molecule has 1 aromatic rings. The van der Waals surface area contributed by atoms with Gasteiger partial charge in [-0.25, -0.2) is 8.42 Å². The SMILES string of the molecule is CSCC[C@H](N)C(=O)Nc1cccc(CS(=O)(=O)C2CCCCC2)c1. The van der Waals surface area contributed by atoms with Crippen LogP contribution in [0.4, 0.5) is 5.69 Å². The number of amides is 1. The van der Waals surface area contributed by atoms with Gasteiger partial charge in [-0.3, -0.25) is 4.79 Å². The lowest BCUT2D eigenvalue weighted by Gasteiger charge is -2.21. The van der Waals surface area contributed by atoms with Gasteiger partial charge in [0.25, 0.3) is 0 Å². The van der Waals surface area contributed by atoms with E-state index in [1.54, 1.807) is 36.0 Å². The Morgan fingerprint density at radius 2 is 2.04 bits per heavy atom. The second-order valence-electron chi connectivity index (χ2n) is 6.64. The highest BCUT2D eigenvalue weighted by Gasteiger charge is 2.27. The number of rotatable bonds is 8. The van der Waals surface area contributed by atoms with Crippen molar-refractivity contribution in [2.45, 2.75) is 55.6 Å². The lowest BCUT2D eigenvalue weighted by molar-refractivity contribution is -0.117. The maximum atomic E-state index is 12.6. The third-order valence-electron chi connectivity index (χ3n) is 4.59. The Bertz CT molecular complexity index is 671. The van der Waals surface area contributed by atoms with Crippen LogP contribution >= 0.6 is 11.8 Å². The predicted octanol–water partition coefficient (Wildman–Crippen LogP) is 2.95. The van der Waals surface area contributed by atoms with Gasteiger partial charge in [0, 0.05) is 5.69 Å². The lowest BCUT2D eigenvalue weighted by Crippen LogP contribution is -2.36. The molecule has 2 rings (SSSR count). The molecule has 3 N–H and O–H groups in total. The van der Waals surface area contributed by atoms with E-state index < -0.39 is 15.9 Å². The van der Waals surface area contributed by atoms with Crippen molar-refractivity contribution in [3.63, 3.8) is 0 Å². The minimum atomic E-state index is -3.15. The van der Waals surface area contributed by atoms with Crippen molar-refractivity contribution < 1.29 is 13.2 Å². The van der Waals surface area contributed by atoms with E-state index in [0.29, 0.717) is 17.7 Å². The van der Waals surface area contributed by atoms with Crippen molar-refractivity contribution in [3.8, 4) is 0 Å². The van der Waals surface area contributed by atoms with Crippen LogP contribution in [0.5, 0.6) is 0 Å². The molecule has 140 valence electrons. The van der Waals surface area contributed by atoms with Gasteiger partial charge in [0.1, 0.15) is 0 Å². The molecule has 0 aromatic heterocycles. The van der Waals surface area contributed by atoms with E-state index in [2.05, 4.69) is 5.32 Å². The topological polar surface area (TPSA) is 89.3 Å². The number of hydrogen-bond acceptors (Lipinski definition) is 5. The maximum Gasteiger partial charge on any atom is 0.241 e. The van der Waals surface area contributed by atoms with Crippen LogP contribution in [0.3, 0.4) is 0 Å². The highest BCUT2D eigenvalue weighted by atomic mass is 32.2. The van der Waals surface area contributed by atoms with Crippen LogP contribution in [-0.4, -0.2) is 37.6 Å². The first-order valence-corrected chi connectivity index (χ1v) is 11.9. The fourth-order valence-corrected chi connectivity index (χ4v) is 5.55. The summed E-state index contributed by atoms with van der Waals surface area (Å²) in [5, 5.41) is 2.57. The monoisotopic (exact) mass is 384 g/mol. The number of sulfone groups is 1. The number of thioether (sulfide) groups is 1. The predicted molar refractivity (Wildman–Crippen MR) is 106 cm³/mol. The molecule has 0 unspecified atom stereocenters. The Hall–Kier alpha value is -1.05. The molecule has 0 radical (unpaired) electrons. The van der Waals surface area contributed by atoms with Gasteiger partial charge in [-0.15, -0.1) is 0 Å². The number of benzene rings is 1. The van der Waals surface area contributed by atoms with Crippen LogP contribution in [0.2, 0.25) is 0 Å². The van der Waals surface area contributed by atoms with Crippen LogP contribution in [0.1, 0.15) is 44.1 Å². The van der Waals surface area contributed by atoms with E-state index in [9.17, 15) is 13.2 Å². The molecule has 1 aromatic carbocycles. The number of hydrogen-bond donors (Lipinski definition) is 2. The van der Waals surface area contributed by atoms with Gasteiger partial charge in [-0.1, -0.05) is 31.4 Å². The molecule has 1 aliphatic carbocycles. The van der Waals surface area contributed by atoms with Crippen molar-refractivity contribution in [2.75, 3.05) is 17.3 Å². The van der Waals surface area contributed by atoms with E-state index in [4.69, 9.17) is 5.73 Å². The molecule has 5 nitrogen and oxygen atoms in total. The van der Waals surface area contributed by atoms with Gasteiger partial charge in [0.05, 0.1) is 17.0 Å². The Labute approximate surface area is 155 Å². The Morgan fingerprint density at radius 3 is 2.72 bits per heavy atom. The first kappa shape index (κ1) is 20.3. The largest absolute Gasteiger partial charge is 0.325 e. The number of nitrogens with one attached hydrogen (secondary N) is 1. The summed E-state index contributed by atoms with van der Waals surface area (Å²) in [6, 6.07) is 6.51. The Balaban J connectivity index is 1.99. The van der Waals surface area contributed by atoms with Crippen LogP contribution in [-0.2, 0) is 20.4 Å². The van der Waals surface area contributed by atoms with Gasteiger partial charge < -0.3 is 11.1 Å². The zero-order valence-corrected chi connectivity index (χ0v) is 16.4. The third kappa shape index (κ3) is 6.31. The van der Waals surface area contributed by atoms with Crippen molar-refractivity contribution in [2.24, 2.45) is 5.73 Å². The lowest BCUT2D eigenvalue weighted by atomic mass is 10.0. The first-order valence-electron chi connectivity index (χ1n) is 8.78. The summed E-state index contributed by atoms with van der Waals surface area (Å²) < 4.78 is 25.2. The number of nitrogens with two attached hydrogens (primary N) is 1. The van der Waals surface area contributed by atoms with Gasteiger partial charge in [0.15, 0.2) is 9.84 Å². The molecule has 0 heterocycles. The molecular weight excluding hydrogens is 356 g/mol. The molecule has 1 atom stereocenters. The standard InChI is InChI=1S/C18H28N2O3S2/c1-24-11-10-17(19)18(21)20-15-7-5-6-14(12-15)13-25(22,23)16-8-3-2-4-9-16/h5-7,12,16-17H,2-4,8-11,13,19H2,1H3,(H,20,21)/t17-/m0/s1. The molecule has 1 fully saturated rings. The average Bonchev–Trinajstić information content (AvgIpc) is 2.60. The van der Waals surface area contributed by atoms with E-state index in [1.165, 1.54) is 0 Å². The average molecular weight is 385 g/mol. The smallest absolute Gasteiger partial charge is 0.241 e. The molecule has 0 bridgehead atoms. The highest BCUT2D eigenvalue weighted by Crippen LogP contribution is 2.26. The Morgan fingerprint density at radius 1 is 1.32 bits per heavy atom. The first-order chi connectivity index (χ1) is 11.9. The van der Waals surface area contributed by atoms with Gasteiger partial charge in [-0.05, 0) is 49.0 Å². The second-order valence-corrected chi connectivity index (χ2v) is 9.91. The Kier molecular flexibility index (Phi) is 7.78. The highest BCUT2D eigenvalue weighted by molar-refractivity contribution is 7.98. The van der Waals surface area contributed by atoms with Crippen LogP contribution in [0, 0.1) is 0 Å². The molecule has 0 spiro atoms. The molecule has 1 aliphatic rings. The summed E-state index contributed by atoms with van der Waals surface area (Å²) >= 11 is 1.65. The molecule has 7 heteroatoms. The number of anilines is 1. The quantitative estimate of drug-likeness (QED) is 0.719. The summed E-state index contributed by atoms with van der Waals surface area (Å²) in [7, 11) is -3.15. The fourth-order valence-electron chi connectivity index (χ4n) is 3.12. The summed E-state index contributed by atoms with van der Waals surface area (Å²) in [4.78, 5) is 12.1. The molecule has 1 saturated carbocycles. The van der Waals surface area contributed by atoms with Crippen molar-refractivity contribution in [3.05, 3.63) is 29.8 Å². The van der Waals surface area contributed by atoms with Crippen LogP contribution in [0.25, 0.3) is 0 Å². The normalized spacial score (nSPS) is 17.2. The van der Waals surface area contributed by atoms with E-state index in [0.717, 1.165) is 37.9 Å². The third-order valence-corrected chi connectivity index (χ3v) is 7.46. The number of carbonyl (C=O) groups excluding carboxylic acids is 1. The summed E-state index contributed by atoms with van der Waals surface area (Å²) in [5.74, 6) is 0.620. The van der Waals surface area contributed by atoms with Crippen LogP contribution in [0.15, 0.2) is 24.3 Å². The van der Waals surface area contributed by atoms with Crippen molar-refractivity contribution in [1.29, 1.82) is 0 Å². The molecule has 0 saturated heterocycles. The minimum Gasteiger partial charge on any atom is -0.325 e. The van der Waals surface area contributed by atoms with Gasteiger partial charge in [-0.2, -0.15) is 11.8 Å². The summed E-state index contributed by atoms with van der Waals surface area (Å²) in [5.41, 5.74) is 7.17. The van der Waals surface area contributed by atoms with Crippen molar-refractivity contribution >= 4 is 33.2 Å². The van der Waals surface area contributed by atoms with E-state index in [-0.39, 0.29) is 16.9 Å². The fraction of sp³-hybridized carbons (Fsp3) is 0.611. The van der Waals surface area contributed by atoms with Crippen molar-refractivity contribution in [1.82, 2.24) is 0 Å². The van der Waals surface area contributed by atoms with Gasteiger partial charge >= 0.3 is 0 Å². The minimum absolute atomic E-state index is 0.0277. The molecular formula is C18H28N2O3S2. The van der Waals surface area contributed by atoms with E-state index in [1.807, 2.05) is 6.26 Å². The van der Waals surface area contributed by atoms with E-state index >= 15 is 0 Å². The van der Waals surface area contributed by atoms with Crippen LogP contribution < -0.4 is 11.1 Å². The molecule has 0 aliphatic heterocycles. The zero-order chi connectivity index (χ0) is 18.3. The molecule has 1 amide bonds. The zero-order valence-electron chi connectivity index (χ0n) is 14.7. The second kappa shape index (κ2) is 9.59. The number of carbonyl (C=O) groups is 1.